The minimum Gasteiger partial charge on any atom is -0.390 e. The van der Waals surface area contributed by atoms with Crippen LogP contribution in [0.3, 0.4) is 0 Å². The van der Waals surface area contributed by atoms with E-state index in [2.05, 4.69) is 34.7 Å². The lowest BCUT2D eigenvalue weighted by Gasteiger charge is -2.12. The van der Waals surface area contributed by atoms with Crippen LogP contribution in [-0.2, 0) is 13.2 Å². The van der Waals surface area contributed by atoms with E-state index in [1.165, 1.54) is 5.56 Å². The molecule has 0 amide bonds. The van der Waals surface area contributed by atoms with Crippen LogP contribution in [0.25, 0.3) is 22.0 Å². The molecule has 4 aromatic rings. The Bertz CT molecular complexity index is 1070. The van der Waals surface area contributed by atoms with Gasteiger partial charge in [-0.05, 0) is 48.4 Å². The van der Waals surface area contributed by atoms with Gasteiger partial charge in [-0.2, -0.15) is 0 Å². The highest BCUT2D eigenvalue weighted by Crippen LogP contribution is 2.36. The first-order valence-corrected chi connectivity index (χ1v) is 8.93. The molecule has 0 unspecified atom stereocenters. The molecule has 2 heterocycles. The zero-order valence-corrected chi connectivity index (χ0v) is 15.2. The van der Waals surface area contributed by atoms with Crippen molar-refractivity contribution in [2.45, 2.75) is 20.1 Å². The molecule has 0 atom stereocenters. The third kappa shape index (κ3) is 2.90. The highest BCUT2D eigenvalue weighted by atomic mass is 35.5. The number of hydrogen-bond donors (Lipinski definition) is 1. The van der Waals surface area contributed by atoms with E-state index < -0.39 is 0 Å². The smallest absolute Gasteiger partial charge is 0.0839 e. The van der Waals surface area contributed by atoms with Crippen LogP contribution in [0.4, 0.5) is 0 Å². The molecule has 2 aromatic carbocycles. The second-order valence-corrected chi connectivity index (χ2v) is 6.82. The highest BCUT2D eigenvalue weighted by molar-refractivity contribution is 6.31. The molecule has 130 valence electrons. The molecule has 0 radical (unpaired) electrons. The monoisotopic (exact) mass is 362 g/mol. The van der Waals surface area contributed by atoms with Crippen LogP contribution in [-0.4, -0.2) is 14.7 Å². The van der Waals surface area contributed by atoms with Gasteiger partial charge < -0.3 is 9.67 Å². The van der Waals surface area contributed by atoms with Gasteiger partial charge in [0.15, 0.2) is 0 Å². The van der Waals surface area contributed by atoms with Crippen molar-refractivity contribution in [1.82, 2.24) is 9.55 Å². The lowest BCUT2D eigenvalue weighted by molar-refractivity contribution is 0.273. The summed E-state index contributed by atoms with van der Waals surface area (Å²) in [7, 11) is 0. The number of fused-ring (bicyclic) bond motifs is 1. The van der Waals surface area contributed by atoms with E-state index in [1.807, 2.05) is 36.4 Å². The van der Waals surface area contributed by atoms with Crippen LogP contribution in [0.5, 0.6) is 0 Å². The van der Waals surface area contributed by atoms with E-state index in [-0.39, 0.29) is 6.61 Å². The number of aromatic nitrogens is 2. The van der Waals surface area contributed by atoms with Crippen molar-refractivity contribution in [2.24, 2.45) is 0 Å². The molecular weight excluding hydrogens is 344 g/mol. The molecule has 2 aromatic heterocycles. The number of halogens is 1. The van der Waals surface area contributed by atoms with Gasteiger partial charge in [0.1, 0.15) is 0 Å². The Morgan fingerprint density at radius 2 is 1.81 bits per heavy atom. The van der Waals surface area contributed by atoms with E-state index in [4.69, 9.17) is 11.6 Å². The second-order valence-electron chi connectivity index (χ2n) is 6.41. The van der Waals surface area contributed by atoms with Gasteiger partial charge in [-0.1, -0.05) is 41.4 Å². The number of pyridine rings is 1. The standard InChI is InChI=1S/C22H19ClN2O/c1-15-6-7-20-18(12-15)22(16-8-10-24-11-9-16)21(14-26)25(20)13-17-4-2-3-5-19(17)23/h2-12,26H,13-14H2,1H3. The quantitative estimate of drug-likeness (QED) is 0.541. The molecule has 0 spiro atoms. The van der Waals surface area contributed by atoms with E-state index in [1.54, 1.807) is 12.4 Å². The van der Waals surface area contributed by atoms with Crippen molar-refractivity contribution in [3.05, 3.63) is 88.8 Å². The van der Waals surface area contributed by atoms with Crippen LogP contribution in [0.2, 0.25) is 5.02 Å². The average molecular weight is 363 g/mol. The van der Waals surface area contributed by atoms with Gasteiger partial charge in [0.05, 0.1) is 12.3 Å². The molecule has 0 aliphatic carbocycles. The average Bonchev–Trinajstić information content (AvgIpc) is 2.96. The van der Waals surface area contributed by atoms with Gasteiger partial charge in [0.25, 0.3) is 0 Å². The van der Waals surface area contributed by atoms with Crippen molar-refractivity contribution in [2.75, 3.05) is 0 Å². The number of aliphatic hydroxyl groups is 1. The van der Waals surface area contributed by atoms with Crippen molar-refractivity contribution in [1.29, 1.82) is 0 Å². The lowest BCUT2D eigenvalue weighted by atomic mass is 10.0. The van der Waals surface area contributed by atoms with Crippen molar-refractivity contribution in [3.8, 4) is 11.1 Å². The fourth-order valence-electron chi connectivity index (χ4n) is 3.50. The molecule has 0 bridgehead atoms. The van der Waals surface area contributed by atoms with Crippen LogP contribution >= 0.6 is 11.6 Å². The normalized spacial score (nSPS) is 11.2. The van der Waals surface area contributed by atoms with Crippen LogP contribution < -0.4 is 0 Å². The molecule has 1 N–H and O–H groups in total. The van der Waals surface area contributed by atoms with Gasteiger partial charge in [0.2, 0.25) is 0 Å². The first-order chi connectivity index (χ1) is 12.7. The Morgan fingerprint density at radius 3 is 2.54 bits per heavy atom. The number of benzene rings is 2. The van der Waals surface area contributed by atoms with Gasteiger partial charge in [-0.15, -0.1) is 0 Å². The lowest BCUT2D eigenvalue weighted by Crippen LogP contribution is -2.05. The van der Waals surface area contributed by atoms with Gasteiger partial charge in [-0.3, -0.25) is 4.98 Å². The summed E-state index contributed by atoms with van der Waals surface area (Å²) in [4.78, 5) is 4.12. The van der Waals surface area contributed by atoms with Crippen molar-refractivity contribution >= 4 is 22.5 Å². The Morgan fingerprint density at radius 1 is 1.04 bits per heavy atom. The number of nitrogens with zero attached hydrogens (tertiary/aromatic N) is 2. The molecule has 4 rings (SSSR count). The predicted molar refractivity (Wildman–Crippen MR) is 106 cm³/mol. The Balaban J connectivity index is 2.00. The Labute approximate surface area is 157 Å². The number of aliphatic hydroxyl groups excluding tert-OH is 1. The van der Waals surface area contributed by atoms with Crippen LogP contribution in [0.15, 0.2) is 67.0 Å². The summed E-state index contributed by atoms with van der Waals surface area (Å²) >= 11 is 6.39. The maximum absolute atomic E-state index is 10.2. The third-order valence-corrected chi connectivity index (χ3v) is 5.10. The van der Waals surface area contributed by atoms with Crippen LogP contribution in [0, 0.1) is 6.92 Å². The zero-order valence-electron chi connectivity index (χ0n) is 14.5. The summed E-state index contributed by atoms with van der Waals surface area (Å²) in [5.41, 5.74) is 6.30. The molecule has 0 saturated heterocycles. The highest BCUT2D eigenvalue weighted by Gasteiger charge is 2.18. The number of hydrogen-bond acceptors (Lipinski definition) is 2. The van der Waals surface area contributed by atoms with E-state index >= 15 is 0 Å². The minimum absolute atomic E-state index is 0.0458. The first-order valence-electron chi connectivity index (χ1n) is 8.55. The first kappa shape index (κ1) is 16.8. The SMILES string of the molecule is Cc1ccc2c(c1)c(-c1ccncc1)c(CO)n2Cc1ccccc1Cl. The summed E-state index contributed by atoms with van der Waals surface area (Å²) in [6, 6.07) is 18.2. The molecule has 0 aliphatic heterocycles. The molecule has 26 heavy (non-hydrogen) atoms. The minimum atomic E-state index is -0.0458. The van der Waals surface area contributed by atoms with Crippen molar-refractivity contribution in [3.63, 3.8) is 0 Å². The van der Waals surface area contributed by atoms with E-state index in [9.17, 15) is 5.11 Å². The molecule has 4 heteroatoms. The third-order valence-electron chi connectivity index (χ3n) is 4.73. The molecule has 3 nitrogen and oxygen atoms in total. The van der Waals surface area contributed by atoms with Gasteiger partial charge in [0, 0.05) is 40.4 Å². The summed E-state index contributed by atoms with van der Waals surface area (Å²) in [5, 5.41) is 12.1. The maximum atomic E-state index is 10.2. The van der Waals surface area contributed by atoms with E-state index in [0.29, 0.717) is 6.54 Å². The summed E-state index contributed by atoms with van der Waals surface area (Å²) in [6.45, 7) is 2.65. The fraction of sp³-hybridized carbons (Fsp3) is 0.136. The second kappa shape index (κ2) is 6.94. The number of aryl methyl sites for hydroxylation is 1. The fourth-order valence-corrected chi connectivity index (χ4v) is 3.70. The van der Waals surface area contributed by atoms with Crippen molar-refractivity contribution < 1.29 is 5.11 Å². The zero-order chi connectivity index (χ0) is 18.1. The largest absolute Gasteiger partial charge is 0.390 e. The van der Waals surface area contributed by atoms with Gasteiger partial charge in [-0.25, -0.2) is 0 Å². The Hall–Kier alpha value is -2.62. The van der Waals surface area contributed by atoms with Crippen LogP contribution in [0.1, 0.15) is 16.8 Å². The summed E-state index contributed by atoms with van der Waals surface area (Å²) < 4.78 is 2.16. The topological polar surface area (TPSA) is 38.1 Å². The number of rotatable bonds is 4. The molecule has 0 fully saturated rings. The summed E-state index contributed by atoms with van der Waals surface area (Å²) in [6.07, 6.45) is 3.56. The summed E-state index contributed by atoms with van der Waals surface area (Å²) in [5.74, 6) is 0. The van der Waals surface area contributed by atoms with E-state index in [0.717, 1.165) is 38.3 Å². The molecule has 0 aliphatic rings. The maximum Gasteiger partial charge on any atom is 0.0839 e. The predicted octanol–water partition coefficient (Wildman–Crippen LogP) is 5.21. The molecule has 0 saturated carbocycles. The Kier molecular flexibility index (Phi) is 4.49. The molecular formula is C22H19ClN2O. The van der Waals surface area contributed by atoms with Gasteiger partial charge >= 0.3 is 0 Å².